The predicted octanol–water partition coefficient (Wildman–Crippen LogP) is 0.224. The monoisotopic (exact) mass is 247 g/mol. The fourth-order valence-corrected chi connectivity index (χ4v) is 2.30. The molecule has 0 saturated heterocycles. The third-order valence-electron chi connectivity index (χ3n) is 2.53. The van der Waals surface area contributed by atoms with E-state index in [1.807, 2.05) is 0 Å². The van der Waals surface area contributed by atoms with Crippen molar-refractivity contribution in [2.75, 3.05) is 11.5 Å². The minimum atomic E-state index is -0.921. The van der Waals surface area contributed by atoms with Crippen molar-refractivity contribution in [3.05, 3.63) is 0 Å². The molecule has 0 aromatic rings. The molecule has 0 bridgehead atoms. The first-order valence-electron chi connectivity index (χ1n) is 5.36. The number of carboxylic acid groups (broad SMARTS) is 1. The maximum Gasteiger partial charge on any atom is 0.313 e. The van der Waals surface area contributed by atoms with Crippen LogP contribution in [0.1, 0.15) is 25.7 Å². The lowest BCUT2D eigenvalue weighted by Crippen LogP contribution is -2.45. The molecule has 1 rings (SSSR count). The van der Waals surface area contributed by atoms with Crippen LogP contribution in [0.2, 0.25) is 0 Å². The molecule has 16 heavy (non-hydrogen) atoms. The minimum Gasteiger partial charge on any atom is -0.481 e. The number of amides is 1. The smallest absolute Gasteiger partial charge is 0.313 e. The van der Waals surface area contributed by atoms with Crippen LogP contribution < -0.4 is 5.32 Å². The third kappa shape index (κ3) is 4.85. The van der Waals surface area contributed by atoms with Gasteiger partial charge >= 0.3 is 5.97 Å². The van der Waals surface area contributed by atoms with Crippen molar-refractivity contribution in [2.45, 2.75) is 37.8 Å². The van der Waals surface area contributed by atoms with Crippen molar-refractivity contribution < 1.29 is 19.8 Å². The van der Waals surface area contributed by atoms with Gasteiger partial charge in [0.1, 0.15) is 0 Å². The molecule has 0 radical (unpaired) electrons. The summed E-state index contributed by atoms with van der Waals surface area (Å²) in [4.78, 5) is 21.6. The Morgan fingerprint density at radius 1 is 1.25 bits per heavy atom. The summed E-state index contributed by atoms with van der Waals surface area (Å²) >= 11 is 1.07. The number of aliphatic carboxylic acids is 1. The van der Waals surface area contributed by atoms with Gasteiger partial charge in [-0.2, -0.15) is 0 Å². The molecule has 1 saturated carbocycles. The molecule has 2 atom stereocenters. The van der Waals surface area contributed by atoms with Crippen LogP contribution in [0.5, 0.6) is 0 Å². The molecular weight excluding hydrogens is 230 g/mol. The van der Waals surface area contributed by atoms with Crippen LogP contribution in [0.4, 0.5) is 0 Å². The molecular formula is C10H17NO4S. The van der Waals surface area contributed by atoms with Crippen LogP contribution in [0.15, 0.2) is 0 Å². The zero-order chi connectivity index (χ0) is 12.0. The Labute approximate surface area is 98.6 Å². The van der Waals surface area contributed by atoms with Crippen LogP contribution in [0.3, 0.4) is 0 Å². The highest BCUT2D eigenvalue weighted by molar-refractivity contribution is 8.00. The largest absolute Gasteiger partial charge is 0.481 e. The second-order valence-corrected chi connectivity index (χ2v) is 4.90. The number of hydrogen-bond acceptors (Lipinski definition) is 4. The Morgan fingerprint density at radius 2 is 1.94 bits per heavy atom. The minimum absolute atomic E-state index is 0.0688. The number of thioether (sulfide) groups is 1. The zero-order valence-electron chi connectivity index (χ0n) is 9.02. The van der Waals surface area contributed by atoms with Crippen LogP contribution in [0, 0.1) is 0 Å². The molecule has 0 aromatic heterocycles. The summed E-state index contributed by atoms with van der Waals surface area (Å²) in [7, 11) is 0. The average Bonchev–Trinajstić information content (AvgIpc) is 2.21. The number of aliphatic hydroxyl groups excluding tert-OH is 1. The van der Waals surface area contributed by atoms with E-state index in [-0.39, 0.29) is 23.5 Å². The Bertz CT molecular complexity index is 259. The number of carbonyl (C=O) groups excluding carboxylic acids is 1. The van der Waals surface area contributed by atoms with Crippen molar-refractivity contribution in [1.29, 1.82) is 0 Å². The summed E-state index contributed by atoms with van der Waals surface area (Å²) in [5.41, 5.74) is 0. The van der Waals surface area contributed by atoms with E-state index in [9.17, 15) is 14.7 Å². The van der Waals surface area contributed by atoms with E-state index in [4.69, 9.17) is 5.11 Å². The van der Waals surface area contributed by atoms with E-state index in [1.54, 1.807) is 0 Å². The van der Waals surface area contributed by atoms with E-state index in [0.29, 0.717) is 0 Å². The van der Waals surface area contributed by atoms with Crippen LogP contribution >= 0.6 is 11.8 Å². The highest BCUT2D eigenvalue weighted by Gasteiger charge is 2.24. The van der Waals surface area contributed by atoms with E-state index in [0.717, 1.165) is 37.4 Å². The molecule has 3 N–H and O–H groups in total. The van der Waals surface area contributed by atoms with E-state index in [1.165, 1.54) is 0 Å². The van der Waals surface area contributed by atoms with Crippen LogP contribution in [0.25, 0.3) is 0 Å². The molecule has 0 aromatic carbocycles. The number of carboxylic acids is 1. The highest BCUT2D eigenvalue weighted by atomic mass is 32.2. The molecule has 92 valence electrons. The number of carbonyl (C=O) groups is 2. The standard InChI is InChI=1S/C10H17NO4S/c12-8-4-2-1-3-7(8)11-9(13)5-16-6-10(14)15/h7-8,12H,1-6H2,(H,11,13)(H,14,15)/t7-,8-/m1/s1. The van der Waals surface area contributed by atoms with Gasteiger partial charge < -0.3 is 15.5 Å². The normalized spacial score (nSPS) is 25.1. The van der Waals surface area contributed by atoms with Crippen molar-refractivity contribution in [3.8, 4) is 0 Å². The van der Waals surface area contributed by atoms with Crippen molar-refractivity contribution >= 4 is 23.6 Å². The summed E-state index contributed by atoms with van der Waals surface area (Å²) in [6.45, 7) is 0. The summed E-state index contributed by atoms with van der Waals surface area (Å²) in [5.74, 6) is -1.05. The van der Waals surface area contributed by atoms with Gasteiger partial charge in [-0.05, 0) is 12.8 Å². The van der Waals surface area contributed by atoms with Gasteiger partial charge in [0.25, 0.3) is 0 Å². The van der Waals surface area contributed by atoms with Crippen molar-refractivity contribution in [2.24, 2.45) is 0 Å². The molecule has 0 aliphatic heterocycles. The van der Waals surface area contributed by atoms with Gasteiger partial charge in [0.2, 0.25) is 5.91 Å². The Morgan fingerprint density at radius 3 is 2.56 bits per heavy atom. The highest BCUT2D eigenvalue weighted by Crippen LogP contribution is 2.18. The van der Waals surface area contributed by atoms with Crippen LogP contribution in [-0.2, 0) is 9.59 Å². The number of hydrogen-bond donors (Lipinski definition) is 3. The topological polar surface area (TPSA) is 86.6 Å². The molecule has 1 aliphatic carbocycles. The molecule has 1 fully saturated rings. The third-order valence-corrected chi connectivity index (χ3v) is 3.45. The summed E-state index contributed by atoms with van der Waals surface area (Å²) < 4.78 is 0. The maximum atomic E-state index is 11.4. The Hall–Kier alpha value is -0.750. The van der Waals surface area contributed by atoms with E-state index in [2.05, 4.69) is 5.32 Å². The first kappa shape index (κ1) is 13.3. The van der Waals surface area contributed by atoms with Crippen molar-refractivity contribution in [1.82, 2.24) is 5.32 Å². The molecule has 1 aliphatic rings. The van der Waals surface area contributed by atoms with Gasteiger partial charge in [0, 0.05) is 0 Å². The molecule has 6 heteroatoms. The summed E-state index contributed by atoms with van der Waals surface area (Å²) in [6, 6.07) is -0.160. The summed E-state index contributed by atoms with van der Waals surface area (Å²) in [6.07, 6.45) is 3.09. The fourth-order valence-electron chi connectivity index (χ4n) is 1.76. The van der Waals surface area contributed by atoms with Gasteiger partial charge in [-0.15, -0.1) is 11.8 Å². The Kier molecular flexibility index (Phi) is 5.62. The maximum absolute atomic E-state index is 11.4. The lowest BCUT2D eigenvalue weighted by atomic mass is 9.93. The fraction of sp³-hybridized carbons (Fsp3) is 0.800. The van der Waals surface area contributed by atoms with Crippen molar-refractivity contribution in [3.63, 3.8) is 0 Å². The summed E-state index contributed by atoms with van der Waals surface area (Å²) in [5, 5.41) is 20.8. The number of nitrogens with one attached hydrogen (secondary N) is 1. The Balaban J connectivity index is 2.19. The molecule has 1 amide bonds. The van der Waals surface area contributed by atoms with Gasteiger partial charge in [0.15, 0.2) is 0 Å². The van der Waals surface area contributed by atoms with Crippen LogP contribution in [-0.4, -0.2) is 45.7 Å². The lowest BCUT2D eigenvalue weighted by Gasteiger charge is -2.28. The van der Waals surface area contributed by atoms with Gasteiger partial charge in [-0.25, -0.2) is 0 Å². The second kappa shape index (κ2) is 6.75. The van der Waals surface area contributed by atoms with Gasteiger partial charge in [-0.3, -0.25) is 9.59 Å². The zero-order valence-corrected chi connectivity index (χ0v) is 9.83. The first-order valence-corrected chi connectivity index (χ1v) is 6.52. The van der Waals surface area contributed by atoms with E-state index >= 15 is 0 Å². The molecule has 0 unspecified atom stereocenters. The average molecular weight is 247 g/mol. The SMILES string of the molecule is O=C(O)CSCC(=O)N[C@@H]1CCCC[C@H]1O. The van der Waals surface area contributed by atoms with Gasteiger partial charge in [0.05, 0.1) is 23.7 Å². The number of rotatable bonds is 5. The van der Waals surface area contributed by atoms with Gasteiger partial charge in [-0.1, -0.05) is 12.8 Å². The lowest BCUT2D eigenvalue weighted by molar-refractivity contribution is -0.133. The predicted molar refractivity (Wildman–Crippen MR) is 61.4 cm³/mol. The van der Waals surface area contributed by atoms with E-state index < -0.39 is 12.1 Å². The molecule has 5 nitrogen and oxygen atoms in total. The quantitative estimate of drug-likeness (QED) is 0.647. The molecule has 0 heterocycles. The molecule has 0 spiro atoms. The first-order chi connectivity index (χ1) is 7.59. The second-order valence-electron chi connectivity index (χ2n) is 3.91. The number of aliphatic hydroxyl groups is 1.